The van der Waals surface area contributed by atoms with Gasteiger partial charge in [0.1, 0.15) is 5.60 Å². The molecule has 1 fully saturated rings. The molecule has 1 aromatic rings. The Morgan fingerprint density at radius 3 is 2.40 bits per heavy atom. The summed E-state index contributed by atoms with van der Waals surface area (Å²) >= 11 is 0. The fraction of sp³-hybridized carbons (Fsp3) is 0.800. The van der Waals surface area contributed by atoms with E-state index < -0.39 is 5.60 Å². The minimum atomic E-state index is -0.439. The second kappa shape index (κ2) is 7.79. The van der Waals surface area contributed by atoms with Crippen LogP contribution in [0.5, 0.6) is 0 Å². The number of hydrogen-bond acceptors (Lipinski definition) is 3. The predicted octanol–water partition coefficient (Wildman–Crippen LogP) is 4.50. The van der Waals surface area contributed by atoms with E-state index in [0.717, 1.165) is 19.4 Å². The number of fused-ring (bicyclic) bond motifs is 1. The standard InChI is InChI=1S/C20H33N3O2/c1-20(2,3)25-19(24)22-13-11-16-15-23(21-18(16)12-14-22)17-9-7-5-4-6-8-10-17/h15,17H,4-14H2,1-3H3. The summed E-state index contributed by atoms with van der Waals surface area (Å²) in [6, 6.07) is 0.564. The van der Waals surface area contributed by atoms with E-state index in [1.54, 1.807) is 0 Å². The fourth-order valence-corrected chi connectivity index (χ4v) is 3.89. The molecule has 1 aliphatic heterocycles. The number of aromatic nitrogens is 2. The van der Waals surface area contributed by atoms with Gasteiger partial charge < -0.3 is 9.64 Å². The normalized spacial score (nSPS) is 20.4. The number of ether oxygens (including phenoxy) is 1. The summed E-state index contributed by atoms with van der Waals surface area (Å²) in [6.45, 7) is 7.16. The molecule has 0 atom stereocenters. The Balaban J connectivity index is 1.62. The Hall–Kier alpha value is -1.52. The molecule has 2 heterocycles. The largest absolute Gasteiger partial charge is 0.444 e. The van der Waals surface area contributed by atoms with Gasteiger partial charge in [-0.2, -0.15) is 5.10 Å². The van der Waals surface area contributed by atoms with Crippen molar-refractivity contribution in [3.63, 3.8) is 0 Å². The first-order chi connectivity index (χ1) is 11.9. The Labute approximate surface area is 151 Å². The van der Waals surface area contributed by atoms with Crippen LogP contribution in [0.2, 0.25) is 0 Å². The lowest BCUT2D eigenvalue weighted by Crippen LogP contribution is -2.38. The summed E-state index contributed by atoms with van der Waals surface area (Å²) in [5.74, 6) is 0. The van der Waals surface area contributed by atoms with Crippen molar-refractivity contribution in [3.05, 3.63) is 17.5 Å². The lowest BCUT2D eigenvalue weighted by atomic mass is 9.97. The van der Waals surface area contributed by atoms with Gasteiger partial charge in [0.25, 0.3) is 0 Å². The molecule has 0 N–H and O–H groups in total. The van der Waals surface area contributed by atoms with Crippen LogP contribution < -0.4 is 0 Å². The monoisotopic (exact) mass is 347 g/mol. The predicted molar refractivity (Wildman–Crippen MR) is 98.8 cm³/mol. The van der Waals surface area contributed by atoms with Gasteiger partial charge >= 0.3 is 6.09 Å². The smallest absolute Gasteiger partial charge is 0.410 e. The van der Waals surface area contributed by atoms with Crippen molar-refractivity contribution < 1.29 is 9.53 Å². The molecule has 0 unspecified atom stereocenters. The highest BCUT2D eigenvalue weighted by Crippen LogP contribution is 2.27. The van der Waals surface area contributed by atoms with Crippen LogP contribution >= 0.6 is 0 Å². The van der Waals surface area contributed by atoms with Crippen LogP contribution in [0.3, 0.4) is 0 Å². The van der Waals surface area contributed by atoms with Crippen LogP contribution in [0.25, 0.3) is 0 Å². The van der Waals surface area contributed by atoms with E-state index in [-0.39, 0.29) is 6.09 Å². The summed E-state index contributed by atoms with van der Waals surface area (Å²) in [5.41, 5.74) is 2.05. The van der Waals surface area contributed by atoms with E-state index >= 15 is 0 Å². The van der Waals surface area contributed by atoms with Crippen LogP contribution in [-0.4, -0.2) is 39.5 Å². The van der Waals surface area contributed by atoms with Crippen molar-refractivity contribution in [2.45, 2.75) is 90.2 Å². The van der Waals surface area contributed by atoms with Gasteiger partial charge in [0.15, 0.2) is 0 Å². The molecule has 5 nitrogen and oxygen atoms in total. The molecule has 3 rings (SSSR count). The summed E-state index contributed by atoms with van der Waals surface area (Å²) < 4.78 is 7.75. The average molecular weight is 348 g/mol. The Morgan fingerprint density at radius 1 is 1.08 bits per heavy atom. The summed E-state index contributed by atoms with van der Waals surface area (Å²) in [6.07, 6.45) is 13.0. The van der Waals surface area contributed by atoms with Gasteiger partial charge in [-0.05, 0) is 45.6 Å². The molecule has 0 saturated heterocycles. The van der Waals surface area contributed by atoms with Gasteiger partial charge in [-0.25, -0.2) is 4.79 Å². The van der Waals surface area contributed by atoms with Gasteiger partial charge in [-0.3, -0.25) is 4.68 Å². The average Bonchev–Trinajstić information content (AvgIpc) is 2.78. The minimum absolute atomic E-state index is 0.203. The maximum atomic E-state index is 12.3. The van der Waals surface area contributed by atoms with Crippen molar-refractivity contribution >= 4 is 6.09 Å². The second-order valence-corrected chi connectivity index (χ2v) is 8.55. The Kier molecular flexibility index (Phi) is 5.70. The SMILES string of the molecule is CC(C)(C)OC(=O)N1CCc2cn(C3CCCCCCC3)nc2CC1. The first-order valence-electron chi connectivity index (χ1n) is 9.97. The minimum Gasteiger partial charge on any atom is -0.444 e. The molecule has 140 valence electrons. The van der Waals surface area contributed by atoms with Crippen molar-refractivity contribution in [1.29, 1.82) is 0 Å². The Morgan fingerprint density at radius 2 is 1.72 bits per heavy atom. The topological polar surface area (TPSA) is 47.4 Å². The zero-order chi connectivity index (χ0) is 17.9. The molecule has 1 saturated carbocycles. The van der Waals surface area contributed by atoms with Gasteiger partial charge in [0, 0.05) is 25.7 Å². The number of rotatable bonds is 1. The third-order valence-corrected chi connectivity index (χ3v) is 5.27. The molecule has 0 aromatic carbocycles. The first-order valence-corrected chi connectivity index (χ1v) is 9.97. The van der Waals surface area contributed by atoms with Crippen molar-refractivity contribution in [2.24, 2.45) is 0 Å². The van der Waals surface area contributed by atoms with Crippen LogP contribution in [0, 0.1) is 0 Å². The number of hydrogen-bond donors (Lipinski definition) is 0. The van der Waals surface area contributed by atoms with Crippen molar-refractivity contribution in [1.82, 2.24) is 14.7 Å². The number of amides is 1. The third-order valence-electron chi connectivity index (χ3n) is 5.27. The van der Waals surface area contributed by atoms with E-state index in [2.05, 4.69) is 10.9 Å². The number of carbonyl (C=O) groups excluding carboxylic acids is 1. The summed E-state index contributed by atoms with van der Waals surface area (Å²) in [4.78, 5) is 14.1. The first kappa shape index (κ1) is 18.3. The maximum absolute atomic E-state index is 12.3. The lowest BCUT2D eigenvalue weighted by Gasteiger charge is -2.26. The molecule has 0 spiro atoms. The quantitative estimate of drug-likeness (QED) is 0.751. The van der Waals surface area contributed by atoms with Crippen LogP contribution in [-0.2, 0) is 17.6 Å². The highest BCUT2D eigenvalue weighted by atomic mass is 16.6. The van der Waals surface area contributed by atoms with Crippen LogP contribution in [0.4, 0.5) is 4.79 Å². The van der Waals surface area contributed by atoms with Crippen molar-refractivity contribution in [2.75, 3.05) is 13.1 Å². The molecule has 2 aliphatic rings. The molecule has 1 aromatic heterocycles. The zero-order valence-corrected chi connectivity index (χ0v) is 16.1. The molecule has 0 radical (unpaired) electrons. The Bertz CT molecular complexity index is 555. The molecular weight excluding hydrogens is 314 g/mol. The van der Waals surface area contributed by atoms with Crippen molar-refractivity contribution in [3.8, 4) is 0 Å². The zero-order valence-electron chi connectivity index (χ0n) is 16.1. The van der Waals surface area contributed by atoms with E-state index in [9.17, 15) is 4.79 Å². The van der Waals surface area contributed by atoms with Crippen LogP contribution in [0.1, 0.15) is 83.0 Å². The van der Waals surface area contributed by atoms with Gasteiger partial charge in [0.2, 0.25) is 0 Å². The van der Waals surface area contributed by atoms with Gasteiger partial charge in [-0.15, -0.1) is 0 Å². The summed E-state index contributed by atoms with van der Waals surface area (Å²) in [5, 5.41) is 4.91. The van der Waals surface area contributed by atoms with Gasteiger partial charge in [0.05, 0.1) is 11.7 Å². The highest BCUT2D eigenvalue weighted by Gasteiger charge is 2.26. The van der Waals surface area contributed by atoms with Gasteiger partial charge in [-0.1, -0.05) is 32.1 Å². The lowest BCUT2D eigenvalue weighted by molar-refractivity contribution is 0.0258. The summed E-state index contributed by atoms with van der Waals surface area (Å²) in [7, 11) is 0. The van der Waals surface area contributed by atoms with E-state index in [1.165, 1.54) is 56.2 Å². The number of carbonyl (C=O) groups is 1. The van der Waals surface area contributed by atoms with Crippen LogP contribution in [0.15, 0.2) is 6.20 Å². The van der Waals surface area contributed by atoms with E-state index in [1.807, 2.05) is 25.7 Å². The highest BCUT2D eigenvalue weighted by molar-refractivity contribution is 5.68. The molecular formula is C20H33N3O2. The molecule has 25 heavy (non-hydrogen) atoms. The molecule has 1 amide bonds. The van der Waals surface area contributed by atoms with E-state index in [0.29, 0.717) is 12.6 Å². The number of nitrogens with zero attached hydrogens (tertiary/aromatic N) is 3. The van der Waals surface area contributed by atoms with E-state index in [4.69, 9.17) is 9.84 Å². The molecule has 5 heteroatoms. The fourth-order valence-electron chi connectivity index (χ4n) is 3.89. The third kappa shape index (κ3) is 4.99. The molecule has 0 bridgehead atoms. The maximum Gasteiger partial charge on any atom is 0.410 e. The second-order valence-electron chi connectivity index (χ2n) is 8.55. The molecule has 1 aliphatic carbocycles.